The molecule has 1 aliphatic heterocycles. The summed E-state index contributed by atoms with van der Waals surface area (Å²) in [4.78, 5) is 13.4. The van der Waals surface area contributed by atoms with Crippen LogP contribution in [0.3, 0.4) is 0 Å². The average Bonchev–Trinajstić information content (AvgIpc) is 2.64. The summed E-state index contributed by atoms with van der Waals surface area (Å²) >= 11 is 0. The fourth-order valence-electron chi connectivity index (χ4n) is 3.05. The first-order valence-electron chi connectivity index (χ1n) is 8.61. The number of amides is 1. The number of hydrogen-bond acceptors (Lipinski definition) is 4. The first kappa shape index (κ1) is 17.6. The fraction of sp³-hybridized carbons (Fsp3) is 0.350. The van der Waals surface area contributed by atoms with Gasteiger partial charge in [-0.2, -0.15) is 0 Å². The lowest BCUT2D eigenvalue weighted by Gasteiger charge is -2.29. The Balaban J connectivity index is 1.62. The minimum Gasteiger partial charge on any atom is -0.389 e. The second kappa shape index (κ2) is 8.76. The number of hydrogen-bond donors (Lipinski definition) is 2. The number of aliphatic hydroxyl groups excluding tert-OH is 1. The number of carbonyl (C=O) groups is 1. The summed E-state index contributed by atoms with van der Waals surface area (Å²) in [6.45, 7) is 2.36. The Labute approximate surface area is 148 Å². The topological polar surface area (TPSA) is 61.8 Å². The third-order valence-corrected chi connectivity index (χ3v) is 4.25. The van der Waals surface area contributed by atoms with Crippen LogP contribution in [0.1, 0.15) is 17.2 Å². The van der Waals surface area contributed by atoms with Gasteiger partial charge in [-0.1, -0.05) is 60.7 Å². The van der Waals surface area contributed by atoms with Gasteiger partial charge in [0.05, 0.1) is 19.3 Å². The van der Waals surface area contributed by atoms with Crippen molar-refractivity contribution in [3.8, 4) is 0 Å². The van der Waals surface area contributed by atoms with Gasteiger partial charge in [-0.3, -0.25) is 9.69 Å². The van der Waals surface area contributed by atoms with Gasteiger partial charge in [-0.25, -0.2) is 0 Å². The molecule has 2 N–H and O–H groups in total. The maximum absolute atomic E-state index is 11.4. The Morgan fingerprint density at radius 1 is 1.04 bits per heavy atom. The molecule has 1 amide bonds. The number of nitrogens with zero attached hydrogens (tertiary/aromatic N) is 1. The van der Waals surface area contributed by atoms with Crippen LogP contribution in [-0.4, -0.2) is 54.8 Å². The van der Waals surface area contributed by atoms with Gasteiger partial charge in [0.1, 0.15) is 6.10 Å². The zero-order chi connectivity index (χ0) is 17.5. The SMILES string of the molecule is O=C1CN(C[C@H](O)COC(c2ccccc2)c2ccccc2)CCN1. The van der Waals surface area contributed by atoms with Crippen LogP contribution < -0.4 is 5.32 Å². The molecule has 0 aromatic heterocycles. The standard InChI is InChI=1S/C20H24N2O3/c23-18(13-22-12-11-21-19(24)14-22)15-25-20(16-7-3-1-4-8-16)17-9-5-2-6-10-17/h1-10,18,20,23H,11-15H2,(H,21,24)/t18-/m0/s1. The summed E-state index contributed by atoms with van der Waals surface area (Å²) in [6.07, 6.45) is -0.859. The van der Waals surface area contributed by atoms with Crippen molar-refractivity contribution in [1.82, 2.24) is 10.2 Å². The molecule has 1 atom stereocenters. The van der Waals surface area contributed by atoms with Gasteiger partial charge >= 0.3 is 0 Å². The molecule has 0 aliphatic carbocycles. The van der Waals surface area contributed by atoms with Crippen molar-refractivity contribution in [2.45, 2.75) is 12.2 Å². The Kier molecular flexibility index (Phi) is 6.17. The van der Waals surface area contributed by atoms with Crippen LogP contribution in [0.25, 0.3) is 0 Å². The molecule has 132 valence electrons. The van der Waals surface area contributed by atoms with E-state index in [-0.39, 0.29) is 18.6 Å². The van der Waals surface area contributed by atoms with Crippen LogP contribution in [0.15, 0.2) is 60.7 Å². The highest BCUT2D eigenvalue weighted by Gasteiger charge is 2.21. The smallest absolute Gasteiger partial charge is 0.234 e. The Morgan fingerprint density at radius 3 is 2.20 bits per heavy atom. The highest BCUT2D eigenvalue weighted by molar-refractivity contribution is 5.78. The van der Waals surface area contributed by atoms with E-state index in [1.54, 1.807) is 0 Å². The lowest BCUT2D eigenvalue weighted by molar-refractivity contribution is -0.124. The summed E-state index contributed by atoms with van der Waals surface area (Å²) in [6, 6.07) is 20.0. The molecule has 5 heteroatoms. The number of ether oxygens (including phenoxy) is 1. The number of nitrogens with one attached hydrogen (secondary N) is 1. The van der Waals surface area contributed by atoms with Gasteiger partial charge in [-0.15, -0.1) is 0 Å². The molecule has 25 heavy (non-hydrogen) atoms. The van der Waals surface area contributed by atoms with E-state index in [4.69, 9.17) is 4.74 Å². The van der Waals surface area contributed by atoms with Gasteiger partial charge in [0.2, 0.25) is 5.91 Å². The number of benzene rings is 2. The normalized spacial score (nSPS) is 16.6. The van der Waals surface area contributed by atoms with Crippen molar-refractivity contribution in [3.63, 3.8) is 0 Å². The van der Waals surface area contributed by atoms with Crippen molar-refractivity contribution < 1.29 is 14.6 Å². The van der Waals surface area contributed by atoms with E-state index >= 15 is 0 Å². The summed E-state index contributed by atoms with van der Waals surface area (Å²) in [7, 11) is 0. The molecule has 1 fully saturated rings. The molecule has 2 aromatic rings. The average molecular weight is 340 g/mol. The van der Waals surface area contributed by atoms with Gasteiger partial charge in [-0.05, 0) is 11.1 Å². The highest BCUT2D eigenvalue weighted by Crippen LogP contribution is 2.25. The summed E-state index contributed by atoms with van der Waals surface area (Å²) in [5.74, 6) is 0.00539. The summed E-state index contributed by atoms with van der Waals surface area (Å²) < 4.78 is 6.07. The van der Waals surface area contributed by atoms with Gasteiger partial charge in [0, 0.05) is 19.6 Å². The number of aliphatic hydroxyl groups is 1. The molecule has 5 nitrogen and oxygen atoms in total. The van der Waals surface area contributed by atoms with E-state index in [9.17, 15) is 9.90 Å². The second-order valence-electron chi connectivity index (χ2n) is 6.27. The van der Waals surface area contributed by atoms with Crippen molar-refractivity contribution >= 4 is 5.91 Å². The molecule has 0 saturated carbocycles. The van der Waals surface area contributed by atoms with Gasteiger partial charge < -0.3 is 15.2 Å². The molecular weight excluding hydrogens is 316 g/mol. The van der Waals surface area contributed by atoms with Crippen LogP contribution in [0, 0.1) is 0 Å². The summed E-state index contributed by atoms with van der Waals surface area (Å²) in [5.41, 5.74) is 2.11. The van der Waals surface area contributed by atoms with E-state index in [1.807, 2.05) is 65.6 Å². The maximum atomic E-state index is 11.4. The van der Waals surface area contributed by atoms with Crippen LogP contribution in [-0.2, 0) is 9.53 Å². The first-order chi connectivity index (χ1) is 12.2. The van der Waals surface area contributed by atoms with E-state index in [2.05, 4.69) is 5.32 Å². The third kappa shape index (κ3) is 5.13. The Morgan fingerprint density at radius 2 is 1.64 bits per heavy atom. The first-order valence-corrected chi connectivity index (χ1v) is 8.61. The lowest BCUT2D eigenvalue weighted by Crippen LogP contribution is -2.50. The molecule has 0 radical (unpaired) electrons. The lowest BCUT2D eigenvalue weighted by atomic mass is 10.0. The Hall–Kier alpha value is -2.21. The second-order valence-corrected chi connectivity index (χ2v) is 6.27. The number of rotatable bonds is 7. The third-order valence-electron chi connectivity index (χ3n) is 4.25. The molecule has 0 unspecified atom stereocenters. The zero-order valence-electron chi connectivity index (χ0n) is 14.2. The number of β-amino-alcohol motifs (C(OH)–C–C–N with tert-alkyl or cyclic N) is 1. The van der Waals surface area contributed by atoms with Crippen molar-refractivity contribution in [2.24, 2.45) is 0 Å². The number of carbonyl (C=O) groups excluding carboxylic acids is 1. The maximum Gasteiger partial charge on any atom is 0.234 e. The van der Waals surface area contributed by atoms with Crippen molar-refractivity contribution in [1.29, 1.82) is 0 Å². The molecule has 0 spiro atoms. The van der Waals surface area contributed by atoms with E-state index in [0.29, 0.717) is 19.6 Å². The van der Waals surface area contributed by atoms with E-state index < -0.39 is 6.10 Å². The minimum atomic E-state index is -0.638. The van der Waals surface area contributed by atoms with Crippen LogP contribution in [0.5, 0.6) is 0 Å². The van der Waals surface area contributed by atoms with Crippen LogP contribution >= 0.6 is 0 Å². The van der Waals surface area contributed by atoms with E-state index in [0.717, 1.165) is 17.7 Å². The van der Waals surface area contributed by atoms with Crippen molar-refractivity contribution in [2.75, 3.05) is 32.8 Å². The molecule has 3 rings (SSSR count). The zero-order valence-corrected chi connectivity index (χ0v) is 14.2. The molecule has 2 aromatic carbocycles. The van der Waals surface area contributed by atoms with Gasteiger partial charge in [0.25, 0.3) is 0 Å². The fourth-order valence-corrected chi connectivity index (χ4v) is 3.05. The molecular formula is C20H24N2O3. The van der Waals surface area contributed by atoms with Crippen LogP contribution in [0.4, 0.5) is 0 Å². The van der Waals surface area contributed by atoms with Crippen LogP contribution in [0.2, 0.25) is 0 Å². The molecule has 1 heterocycles. The number of piperazine rings is 1. The monoisotopic (exact) mass is 340 g/mol. The minimum absolute atomic E-state index is 0.00539. The predicted octanol–water partition coefficient (Wildman–Crippen LogP) is 1.59. The predicted molar refractivity (Wildman–Crippen MR) is 96.1 cm³/mol. The summed E-state index contributed by atoms with van der Waals surface area (Å²) in [5, 5.41) is 13.1. The highest BCUT2D eigenvalue weighted by atomic mass is 16.5. The quantitative estimate of drug-likeness (QED) is 0.803. The molecule has 1 saturated heterocycles. The largest absolute Gasteiger partial charge is 0.389 e. The van der Waals surface area contributed by atoms with Crippen molar-refractivity contribution in [3.05, 3.63) is 71.8 Å². The molecule has 0 bridgehead atoms. The Bertz CT molecular complexity index is 624. The van der Waals surface area contributed by atoms with E-state index in [1.165, 1.54) is 0 Å². The molecule has 1 aliphatic rings. The van der Waals surface area contributed by atoms with Gasteiger partial charge in [0.15, 0.2) is 0 Å².